The van der Waals surface area contributed by atoms with Crippen molar-refractivity contribution in [3.8, 4) is 0 Å². The van der Waals surface area contributed by atoms with Crippen molar-refractivity contribution >= 4 is 0 Å². The highest BCUT2D eigenvalue weighted by molar-refractivity contribution is 5.34. The SMILES string of the molecule is CC(NO)c1ccc2c(c1)CCCC2. The van der Waals surface area contributed by atoms with Gasteiger partial charge in [-0.3, -0.25) is 0 Å². The summed E-state index contributed by atoms with van der Waals surface area (Å²) in [5.41, 5.74) is 6.42. The second-order valence-electron chi connectivity index (χ2n) is 4.09. The second kappa shape index (κ2) is 4.11. The van der Waals surface area contributed by atoms with E-state index in [0.717, 1.165) is 0 Å². The lowest BCUT2D eigenvalue weighted by molar-refractivity contribution is 0.133. The predicted octanol–water partition coefficient (Wildman–Crippen LogP) is 2.61. The van der Waals surface area contributed by atoms with E-state index >= 15 is 0 Å². The molecule has 1 aromatic rings. The summed E-state index contributed by atoms with van der Waals surface area (Å²) in [6.45, 7) is 1.96. The number of aryl methyl sites for hydroxylation is 2. The van der Waals surface area contributed by atoms with Crippen molar-refractivity contribution in [1.82, 2.24) is 5.48 Å². The normalized spacial score (nSPS) is 17.6. The average Bonchev–Trinajstić information content (AvgIpc) is 2.27. The number of fused-ring (bicyclic) bond motifs is 1. The third kappa shape index (κ3) is 1.81. The van der Waals surface area contributed by atoms with Crippen molar-refractivity contribution in [2.45, 2.75) is 38.6 Å². The molecular formula is C12H17NO. The van der Waals surface area contributed by atoms with E-state index in [9.17, 15) is 0 Å². The largest absolute Gasteiger partial charge is 0.316 e. The third-order valence-corrected chi connectivity index (χ3v) is 3.07. The van der Waals surface area contributed by atoms with Crippen LogP contribution in [0.25, 0.3) is 0 Å². The Bertz CT molecular complexity index is 322. The minimum absolute atomic E-state index is 0.0298. The summed E-state index contributed by atoms with van der Waals surface area (Å²) in [7, 11) is 0. The highest BCUT2D eigenvalue weighted by Gasteiger charge is 2.11. The Morgan fingerprint density at radius 1 is 1.21 bits per heavy atom. The Hall–Kier alpha value is -0.860. The van der Waals surface area contributed by atoms with Crippen LogP contribution in [-0.2, 0) is 12.8 Å². The zero-order chi connectivity index (χ0) is 9.97. The van der Waals surface area contributed by atoms with Gasteiger partial charge in [0.15, 0.2) is 0 Å². The Kier molecular flexibility index (Phi) is 2.85. The monoisotopic (exact) mass is 191 g/mol. The molecule has 2 heteroatoms. The van der Waals surface area contributed by atoms with Crippen LogP contribution in [0.3, 0.4) is 0 Å². The maximum Gasteiger partial charge on any atom is 0.0540 e. The molecule has 1 aliphatic rings. The third-order valence-electron chi connectivity index (χ3n) is 3.07. The van der Waals surface area contributed by atoms with E-state index in [0.29, 0.717) is 0 Å². The van der Waals surface area contributed by atoms with E-state index in [1.54, 1.807) is 0 Å². The van der Waals surface area contributed by atoms with E-state index in [1.165, 1.54) is 42.4 Å². The predicted molar refractivity (Wildman–Crippen MR) is 56.4 cm³/mol. The zero-order valence-corrected chi connectivity index (χ0v) is 8.59. The van der Waals surface area contributed by atoms with Gasteiger partial charge in [0, 0.05) is 0 Å². The number of rotatable bonds is 2. The highest BCUT2D eigenvalue weighted by Crippen LogP contribution is 2.24. The summed E-state index contributed by atoms with van der Waals surface area (Å²) in [4.78, 5) is 0. The topological polar surface area (TPSA) is 32.3 Å². The molecule has 1 aliphatic carbocycles. The quantitative estimate of drug-likeness (QED) is 0.704. The molecule has 0 amide bonds. The van der Waals surface area contributed by atoms with Crippen LogP contribution in [0.5, 0.6) is 0 Å². The van der Waals surface area contributed by atoms with Gasteiger partial charge in [-0.05, 0) is 49.3 Å². The molecule has 1 atom stereocenters. The molecule has 2 nitrogen and oxygen atoms in total. The van der Waals surface area contributed by atoms with Crippen LogP contribution in [0.4, 0.5) is 0 Å². The van der Waals surface area contributed by atoms with Crippen molar-refractivity contribution in [3.05, 3.63) is 34.9 Å². The van der Waals surface area contributed by atoms with Crippen molar-refractivity contribution in [3.63, 3.8) is 0 Å². The van der Waals surface area contributed by atoms with E-state index < -0.39 is 0 Å². The molecule has 76 valence electrons. The molecule has 1 unspecified atom stereocenters. The first kappa shape index (κ1) is 9.69. The molecule has 1 aromatic carbocycles. The number of hydrogen-bond acceptors (Lipinski definition) is 2. The fourth-order valence-corrected chi connectivity index (χ4v) is 2.10. The zero-order valence-electron chi connectivity index (χ0n) is 8.59. The van der Waals surface area contributed by atoms with Crippen molar-refractivity contribution in [2.75, 3.05) is 0 Å². The number of hydroxylamine groups is 1. The van der Waals surface area contributed by atoms with E-state index in [2.05, 4.69) is 23.7 Å². The van der Waals surface area contributed by atoms with Crippen LogP contribution >= 0.6 is 0 Å². The van der Waals surface area contributed by atoms with Gasteiger partial charge in [-0.25, -0.2) is 0 Å². The molecule has 2 rings (SSSR count). The summed E-state index contributed by atoms with van der Waals surface area (Å²) in [6.07, 6.45) is 5.04. The van der Waals surface area contributed by atoms with Crippen molar-refractivity contribution in [1.29, 1.82) is 0 Å². The summed E-state index contributed by atoms with van der Waals surface area (Å²) in [6, 6.07) is 6.57. The van der Waals surface area contributed by atoms with E-state index in [4.69, 9.17) is 5.21 Å². The first-order valence-corrected chi connectivity index (χ1v) is 5.32. The maximum atomic E-state index is 8.84. The molecule has 0 fully saturated rings. The molecule has 0 aromatic heterocycles. The minimum Gasteiger partial charge on any atom is -0.316 e. The summed E-state index contributed by atoms with van der Waals surface area (Å²) < 4.78 is 0. The molecule has 14 heavy (non-hydrogen) atoms. The van der Waals surface area contributed by atoms with Crippen molar-refractivity contribution < 1.29 is 5.21 Å². The average molecular weight is 191 g/mol. The molecule has 0 radical (unpaired) electrons. The Morgan fingerprint density at radius 2 is 1.93 bits per heavy atom. The maximum absolute atomic E-state index is 8.84. The number of hydrogen-bond donors (Lipinski definition) is 2. The first-order chi connectivity index (χ1) is 6.81. The van der Waals surface area contributed by atoms with E-state index in [-0.39, 0.29) is 6.04 Å². The Balaban J connectivity index is 2.29. The van der Waals surface area contributed by atoms with E-state index in [1.807, 2.05) is 6.92 Å². The van der Waals surface area contributed by atoms with Gasteiger partial charge in [0.1, 0.15) is 0 Å². The van der Waals surface area contributed by atoms with Gasteiger partial charge in [-0.2, -0.15) is 5.48 Å². The molecule has 0 bridgehead atoms. The van der Waals surface area contributed by atoms with Gasteiger partial charge in [-0.1, -0.05) is 18.2 Å². The molecular weight excluding hydrogens is 174 g/mol. The van der Waals surface area contributed by atoms with Gasteiger partial charge in [0.05, 0.1) is 6.04 Å². The molecule has 0 spiro atoms. The van der Waals surface area contributed by atoms with Gasteiger partial charge in [0.25, 0.3) is 0 Å². The van der Waals surface area contributed by atoms with Crippen LogP contribution in [0.1, 0.15) is 42.5 Å². The van der Waals surface area contributed by atoms with Gasteiger partial charge in [-0.15, -0.1) is 0 Å². The lowest BCUT2D eigenvalue weighted by Crippen LogP contribution is -2.14. The molecule has 0 aliphatic heterocycles. The first-order valence-electron chi connectivity index (χ1n) is 5.32. The molecule has 0 saturated heterocycles. The van der Waals surface area contributed by atoms with Gasteiger partial charge >= 0.3 is 0 Å². The van der Waals surface area contributed by atoms with Gasteiger partial charge < -0.3 is 5.21 Å². The summed E-state index contributed by atoms with van der Waals surface area (Å²) in [5, 5.41) is 8.84. The number of benzene rings is 1. The summed E-state index contributed by atoms with van der Waals surface area (Å²) >= 11 is 0. The Morgan fingerprint density at radius 3 is 2.64 bits per heavy atom. The van der Waals surface area contributed by atoms with Crippen molar-refractivity contribution in [2.24, 2.45) is 0 Å². The standard InChI is InChI=1S/C12H17NO/c1-9(13-14)11-7-6-10-4-2-3-5-12(10)8-11/h6-9,13-14H,2-5H2,1H3. The number of nitrogens with one attached hydrogen (secondary N) is 1. The van der Waals surface area contributed by atoms with Crippen LogP contribution in [0, 0.1) is 0 Å². The highest BCUT2D eigenvalue weighted by atomic mass is 16.5. The van der Waals surface area contributed by atoms with Crippen LogP contribution in [-0.4, -0.2) is 5.21 Å². The second-order valence-corrected chi connectivity index (χ2v) is 4.09. The minimum atomic E-state index is 0.0298. The lowest BCUT2D eigenvalue weighted by Gasteiger charge is -2.18. The molecule has 0 saturated carbocycles. The fraction of sp³-hybridized carbons (Fsp3) is 0.500. The van der Waals surface area contributed by atoms with Gasteiger partial charge in [0.2, 0.25) is 0 Å². The lowest BCUT2D eigenvalue weighted by atomic mass is 9.89. The fourth-order valence-electron chi connectivity index (χ4n) is 2.10. The Labute approximate surface area is 84.9 Å². The van der Waals surface area contributed by atoms with Crippen LogP contribution in [0.2, 0.25) is 0 Å². The smallest absolute Gasteiger partial charge is 0.0540 e. The molecule has 2 N–H and O–H groups in total. The van der Waals surface area contributed by atoms with Crippen LogP contribution in [0.15, 0.2) is 18.2 Å². The van der Waals surface area contributed by atoms with Crippen LogP contribution < -0.4 is 5.48 Å². The summed E-state index contributed by atoms with van der Waals surface area (Å²) in [5.74, 6) is 0. The molecule has 0 heterocycles.